The summed E-state index contributed by atoms with van der Waals surface area (Å²) in [5.74, 6) is -1.06. The molecule has 0 saturated heterocycles. The number of ether oxygens (including phenoxy) is 2. The minimum absolute atomic E-state index is 0.0840. The van der Waals surface area contributed by atoms with Crippen LogP contribution in [0.4, 0.5) is 0 Å². The molecule has 0 N–H and O–H groups in total. The molecule has 0 amide bonds. The number of hydrogen-bond acceptors (Lipinski definition) is 6. The van der Waals surface area contributed by atoms with Gasteiger partial charge in [-0.2, -0.15) is 0 Å². The first kappa shape index (κ1) is 18.7. The lowest BCUT2D eigenvalue weighted by Gasteiger charge is -2.16. The van der Waals surface area contributed by atoms with Crippen molar-refractivity contribution in [3.63, 3.8) is 0 Å². The topological polar surface area (TPSA) is 86.7 Å². The molecule has 0 fully saturated rings. The highest BCUT2D eigenvalue weighted by molar-refractivity contribution is 7.90. The summed E-state index contributed by atoms with van der Waals surface area (Å²) in [4.78, 5) is 24.9. The summed E-state index contributed by atoms with van der Waals surface area (Å²) in [6, 6.07) is 13.8. The van der Waals surface area contributed by atoms with Crippen LogP contribution >= 0.6 is 0 Å². The number of esters is 1. The standard InChI is InChI=1S/C18H18O6S/c1-3-23-18(20)17(24-14-7-5-4-6-8-14)16(19)13-9-11-15(12-10-13)25(2,21)22/h4-12,17H,3H2,1-2H3. The Morgan fingerprint density at radius 2 is 1.60 bits per heavy atom. The van der Waals surface area contributed by atoms with E-state index in [0.717, 1.165) is 6.26 Å². The van der Waals surface area contributed by atoms with E-state index in [1.54, 1.807) is 37.3 Å². The maximum absolute atomic E-state index is 12.7. The molecular weight excluding hydrogens is 344 g/mol. The van der Waals surface area contributed by atoms with Crippen molar-refractivity contribution >= 4 is 21.6 Å². The second-order valence-electron chi connectivity index (χ2n) is 5.22. The molecule has 7 heteroatoms. The van der Waals surface area contributed by atoms with Crippen molar-refractivity contribution < 1.29 is 27.5 Å². The van der Waals surface area contributed by atoms with Crippen molar-refractivity contribution in [3.8, 4) is 5.75 Å². The molecule has 0 spiro atoms. The van der Waals surface area contributed by atoms with Gasteiger partial charge in [-0.1, -0.05) is 18.2 Å². The molecule has 6 nitrogen and oxygen atoms in total. The molecule has 0 radical (unpaired) electrons. The van der Waals surface area contributed by atoms with E-state index in [1.807, 2.05) is 0 Å². The number of hydrogen-bond donors (Lipinski definition) is 0. The number of benzene rings is 2. The van der Waals surface area contributed by atoms with Gasteiger partial charge in [-0.05, 0) is 43.3 Å². The Morgan fingerprint density at radius 3 is 2.12 bits per heavy atom. The zero-order valence-corrected chi connectivity index (χ0v) is 14.7. The molecule has 0 heterocycles. The highest BCUT2D eigenvalue weighted by Crippen LogP contribution is 2.17. The van der Waals surface area contributed by atoms with E-state index in [-0.39, 0.29) is 17.1 Å². The van der Waals surface area contributed by atoms with Gasteiger partial charge in [0.2, 0.25) is 5.78 Å². The number of rotatable bonds is 7. The van der Waals surface area contributed by atoms with Crippen molar-refractivity contribution in [1.29, 1.82) is 0 Å². The molecule has 2 aromatic carbocycles. The predicted molar refractivity (Wildman–Crippen MR) is 91.4 cm³/mol. The molecule has 2 rings (SSSR count). The third-order valence-electron chi connectivity index (χ3n) is 3.30. The number of Topliss-reactive ketones (excluding diaryl/α,β-unsaturated/α-hetero) is 1. The van der Waals surface area contributed by atoms with Crippen molar-refractivity contribution in [2.75, 3.05) is 12.9 Å². The summed E-state index contributed by atoms with van der Waals surface area (Å²) in [5, 5.41) is 0. The quantitative estimate of drug-likeness (QED) is 0.427. The van der Waals surface area contributed by atoms with E-state index in [4.69, 9.17) is 9.47 Å². The lowest BCUT2D eigenvalue weighted by Crippen LogP contribution is -2.37. The van der Waals surface area contributed by atoms with Crippen LogP contribution in [0.2, 0.25) is 0 Å². The van der Waals surface area contributed by atoms with Crippen LogP contribution in [0.25, 0.3) is 0 Å². The largest absolute Gasteiger partial charge is 0.470 e. The average molecular weight is 362 g/mol. The molecule has 2 aromatic rings. The predicted octanol–water partition coefficient (Wildman–Crippen LogP) is 2.28. The SMILES string of the molecule is CCOC(=O)C(Oc1ccccc1)C(=O)c1ccc(S(C)(=O)=O)cc1. The summed E-state index contributed by atoms with van der Waals surface area (Å²) >= 11 is 0. The first-order valence-corrected chi connectivity index (χ1v) is 9.44. The molecule has 0 saturated carbocycles. The Hall–Kier alpha value is -2.67. The number of carbonyl (C=O) groups is 2. The molecule has 1 atom stereocenters. The minimum atomic E-state index is -3.37. The van der Waals surface area contributed by atoms with Gasteiger partial charge in [0.25, 0.3) is 6.10 Å². The van der Waals surface area contributed by atoms with E-state index in [0.29, 0.717) is 5.75 Å². The van der Waals surface area contributed by atoms with Gasteiger partial charge in [0, 0.05) is 11.8 Å². The minimum Gasteiger partial charge on any atom is -0.470 e. The summed E-state index contributed by atoms with van der Waals surface area (Å²) in [7, 11) is -3.37. The second kappa shape index (κ2) is 7.94. The molecule has 1 unspecified atom stereocenters. The summed E-state index contributed by atoms with van der Waals surface area (Å²) in [6.07, 6.45) is -0.393. The Balaban J connectivity index is 2.29. The van der Waals surface area contributed by atoms with E-state index in [1.165, 1.54) is 24.3 Å². The molecule has 0 aliphatic carbocycles. The highest BCUT2D eigenvalue weighted by atomic mass is 32.2. The van der Waals surface area contributed by atoms with Crippen LogP contribution in [0.1, 0.15) is 17.3 Å². The number of sulfone groups is 1. The smallest absolute Gasteiger partial charge is 0.355 e. The monoisotopic (exact) mass is 362 g/mol. The average Bonchev–Trinajstić information content (AvgIpc) is 2.59. The first-order chi connectivity index (χ1) is 11.8. The van der Waals surface area contributed by atoms with Gasteiger partial charge < -0.3 is 9.47 Å². The van der Waals surface area contributed by atoms with Crippen molar-refractivity contribution in [1.82, 2.24) is 0 Å². The molecule has 0 aliphatic rings. The maximum Gasteiger partial charge on any atom is 0.355 e. The van der Waals surface area contributed by atoms with Gasteiger partial charge in [-0.15, -0.1) is 0 Å². The number of para-hydroxylation sites is 1. The number of carbonyl (C=O) groups excluding carboxylic acids is 2. The van der Waals surface area contributed by atoms with E-state index < -0.39 is 27.7 Å². The zero-order valence-electron chi connectivity index (χ0n) is 13.8. The van der Waals surface area contributed by atoms with Crippen LogP contribution < -0.4 is 4.74 Å². The molecule has 0 aliphatic heterocycles. The van der Waals surface area contributed by atoms with Gasteiger partial charge in [0.05, 0.1) is 11.5 Å². The molecule has 25 heavy (non-hydrogen) atoms. The van der Waals surface area contributed by atoms with Crippen LogP contribution in [0.3, 0.4) is 0 Å². The Labute approximate surface area is 146 Å². The van der Waals surface area contributed by atoms with Gasteiger partial charge in [0.1, 0.15) is 5.75 Å². The maximum atomic E-state index is 12.7. The van der Waals surface area contributed by atoms with Gasteiger partial charge >= 0.3 is 5.97 Å². The summed E-state index contributed by atoms with van der Waals surface area (Å²) < 4.78 is 33.4. The van der Waals surface area contributed by atoms with Crippen molar-refractivity contribution in [2.45, 2.75) is 17.9 Å². The van der Waals surface area contributed by atoms with Gasteiger partial charge in [-0.25, -0.2) is 13.2 Å². The Morgan fingerprint density at radius 1 is 1.00 bits per heavy atom. The Kier molecular flexibility index (Phi) is 5.93. The van der Waals surface area contributed by atoms with Gasteiger partial charge in [-0.3, -0.25) is 4.79 Å². The fraction of sp³-hybridized carbons (Fsp3) is 0.222. The normalized spacial score (nSPS) is 12.2. The highest BCUT2D eigenvalue weighted by Gasteiger charge is 2.31. The van der Waals surface area contributed by atoms with Crippen molar-refractivity contribution in [3.05, 3.63) is 60.2 Å². The molecule has 132 valence electrons. The van der Waals surface area contributed by atoms with E-state index in [9.17, 15) is 18.0 Å². The second-order valence-corrected chi connectivity index (χ2v) is 7.24. The van der Waals surface area contributed by atoms with Crippen molar-refractivity contribution in [2.24, 2.45) is 0 Å². The fourth-order valence-corrected chi connectivity index (χ4v) is 2.71. The molecular formula is C18H18O6S. The van der Waals surface area contributed by atoms with Crippen LogP contribution in [-0.2, 0) is 19.4 Å². The van der Waals surface area contributed by atoms with E-state index >= 15 is 0 Å². The summed E-state index contributed by atoms with van der Waals surface area (Å²) in [5.41, 5.74) is 0.154. The third kappa shape index (κ3) is 4.90. The van der Waals surface area contributed by atoms with Gasteiger partial charge in [0.15, 0.2) is 9.84 Å². The fourth-order valence-electron chi connectivity index (χ4n) is 2.08. The Bertz CT molecular complexity index is 841. The molecule has 0 bridgehead atoms. The third-order valence-corrected chi connectivity index (χ3v) is 4.43. The lowest BCUT2D eigenvalue weighted by atomic mass is 10.1. The van der Waals surface area contributed by atoms with Crippen LogP contribution in [0, 0.1) is 0 Å². The van der Waals surface area contributed by atoms with Crippen LogP contribution in [0.5, 0.6) is 5.75 Å². The van der Waals surface area contributed by atoms with Crippen LogP contribution in [0.15, 0.2) is 59.5 Å². The number of ketones is 1. The van der Waals surface area contributed by atoms with E-state index in [2.05, 4.69) is 0 Å². The lowest BCUT2D eigenvalue weighted by molar-refractivity contribution is -0.149. The molecule has 0 aromatic heterocycles. The first-order valence-electron chi connectivity index (χ1n) is 7.55. The zero-order chi connectivity index (χ0) is 18.4. The van der Waals surface area contributed by atoms with Crippen LogP contribution in [-0.4, -0.2) is 39.1 Å². The summed E-state index contributed by atoms with van der Waals surface area (Å²) in [6.45, 7) is 1.73.